The average Bonchev–Trinajstić information content (AvgIpc) is 2.10. The summed E-state index contributed by atoms with van der Waals surface area (Å²) < 4.78 is 0. The maximum atomic E-state index is 11.3. The molecule has 1 atom stereocenters. The van der Waals surface area contributed by atoms with Gasteiger partial charge in [0.05, 0.1) is 6.54 Å². The van der Waals surface area contributed by atoms with Gasteiger partial charge in [0.2, 0.25) is 0 Å². The van der Waals surface area contributed by atoms with Crippen molar-refractivity contribution < 1.29 is 4.79 Å². The summed E-state index contributed by atoms with van der Waals surface area (Å²) in [5.41, 5.74) is 1.08. The number of rotatable bonds is 7. The van der Waals surface area contributed by atoms with Gasteiger partial charge in [0, 0.05) is 12.5 Å². The first-order valence-corrected chi connectivity index (χ1v) is 4.95. The Morgan fingerprint density at radius 2 is 2.08 bits per heavy atom. The summed E-state index contributed by atoms with van der Waals surface area (Å²) >= 11 is 0. The minimum absolute atomic E-state index is 0.281. The SMILES string of the molecule is C=C(C)CCC(=O)CNC(C)CC. The number of hydrogen-bond donors (Lipinski definition) is 1. The van der Waals surface area contributed by atoms with Crippen LogP contribution >= 0.6 is 0 Å². The highest BCUT2D eigenvalue weighted by Crippen LogP contribution is 2.00. The largest absolute Gasteiger partial charge is 0.308 e. The number of hydrogen-bond acceptors (Lipinski definition) is 2. The van der Waals surface area contributed by atoms with Crippen molar-refractivity contribution in [3.63, 3.8) is 0 Å². The molecule has 1 unspecified atom stereocenters. The van der Waals surface area contributed by atoms with Crippen molar-refractivity contribution in [2.75, 3.05) is 6.54 Å². The fourth-order valence-electron chi connectivity index (χ4n) is 0.874. The van der Waals surface area contributed by atoms with Crippen molar-refractivity contribution in [2.45, 2.75) is 46.1 Å². The molecule has 0 aliphatic heterocycles. The second-order valence-electron chi connectivity index (χ2n) is 3.69. The molecule has 0 fully saturated rings. The molecule has 76 valence electrons. The van der Waals surface area contributed by atoms with Gasteiger partial charge in [0.15, 0.2) is 0 Å². The zero-order valence-electron chi connectivity index (χ0n) is 9.02. The summed E-state index contributed by atoms with van der Waals surface area (Å²) in [5, 5.41) is 3.18. The number of ketones is 1. The second kappa shape index (κ2) is 6.84. The van der Waals surface area contributed by atoms with E-state index in [0.29, 0.717) is 19.0 Å². The zero-order valence-corrected chi connectivity index (χ0v) is 9.02. The maximum Gasteiger partial charge on any atom is 0.146 e. The van der Waals surface area contributed by atoms with Crippen LogP contribution in [0.5, 0.6) is 0 Å². The first-order valence-electron chi connectivity index (χ1n) is 4.95. The number of carbonyl (C=O) groups excluding carboxylic acids is 1. The van der Waals surface area contributed by atoms with Crippen molar-refractivity contribution in [3.8, 4) is 0 Å². The number of Topliss-reactive ketones (excluding diaryl/α,β-unsaturated/α-hetero) is 1. The van der Waals surface area contributed by atoms with E-state index in [4.69, 9.17) is 0 Å². The van der Waals surface area contributed by atoms with E-state index in [0.717, 1.165) is 18.4 Å². The van der Waals surface area contributed by atoms with Gasteiger partial charge in [-0.15, -0.1) is 6.58 Å². The topological polar surface area (TPSA) is 29.1 Å². The zero-order chi connectivity index (χ0) is 10.3. The summed E-state index contributed by atoms with van der Waals surface area (Å²) in [6.45, 7) is 10.4. The lowest BCUT2D eigenvalue weighted by molar-refractivity contribution is -0.118. The van der Waals surface area contributed by atoms with E-state index >= 15 is 0 Å². The monoisotopic (exact) mass is 183 g/mol. The van der Waals surface area contributed by atoms with E-state index in [1.165, 1.54) is 0 Å². The lowest BCUT2D eigenvalue weighted by atomic mass is 10.1. The summed E-state index contributed by atoms with van der Waals surface area (Å²) in [6.07, 6.45) is 2.51. The van der Waals surface area contributed by atoms with Gasteiger partial charge in [-0.05, 0) is 26.7 Å². The smallest absolute Gasteiger partial charge is 0.146 e. The van der Waals surface area contributed by atoms with Crippen LogP contribution in [0.2, 0.25) is 0 Å². The predicted molar refractivity (Wildman–Crippen MR) is 56.8 cm³/mol. The normalized spacial score (nSPS) is 12.5. The Bertz CT molecular complexity index is 175. The minimum atomic E-state index is 0.281. The fourth-order valence-corrected chi connectivity index (χ4v) is 0.874. The van der Waals surface area contributed by atoms with Gasteiger partial charge in [-0.1, -0.05) is 12.5 Å². The van der Waals surface area contributed by atoms with Crippen LogP contribution in [-0.2, 0) is 4.79 Å². The molecule has 0 aliphatic carbocycles. The Hall–Kier alpha value is -0.630. The standard InChI is InChI=1S/C11H21NO/c1-5-10(4)12-8-11(13)7-6-9(2)3/h10,12H,2,5-8H2,1,3-4H3. The number of allylic oxidation sites excluding steroid dienone is 1. The molecule has 2 nitrogen and oxygen atoms in total. The van der Waals surface area contributed by atoms with Crippen molar-refractivity contribution in [1.82, 2.24) is 5.32 Å². The molecule has 0 amide bonds. The molecule has 0 aromatic heterocycles. The third-order valence-electron chi connectivity index (χ3n) is 2.09. The molecule has 0 bridgehead atoms. The second-order valence-corrected chi connectivity index (χ2v) is 3.69. The molecule has 0 aromatic rings. The Labute approximate surface area is 81.4 Å². The molecule has 0 saturated carbocycles. The first kappa shape index (κ1) is 12.4. The van der Waals surface area contributed by atoms with E-state index < -0.39 is 0 Å². The van der Waals surface area contributed by atoms with Gasteiger partial charge in [0.1, 0.15) is 5.78 Å². The highest BCUT2D eigenvalue weighted by atomic mass is 16.1. The van der Waals surface area contributed by atoms with Crippen LogP contribution in [0.25, 0.3) is 0 Å². The quantitative estimate of drug-likeness (QED) is 0.614. The van der Waals surface area contributed by atoms with Crippen LogP contribution in [-0.4, -0.2) is 18.4 Å². The van der Waals surface area contributed by atoms with Gasteiger partial charge in [-0.3, -0.25) is 4.79 Å². The molecule has 13 heavy (non-hydrogen) atoms. The lowest BCUT2D eigenvalue weighted by Crippen LogP contribution is -2.30. The molecule has 0 aliphatic rings. The molecule has 0 saturated heterocycles. The van der Waals surface area contributed by atoms with Crippen LogP contribution in [0.1, 0.15) is 40.0 Å². The van der Waals surface area contributed by atoms with Crippen LogP contribution < -0.4 is 5.32 Å². The van der Waals surface area contributed by atoms with E-state index in [1.807, 2.05) is 6.92 Å². The number of nitrogens with one attached hydrogen (secondary N) is 1. The average molecular weight is 183 g/mol. The highest BCUT2D eigenvalue weighted by molar-refractivity contribution is 5.80. The van der Waals surface area contributed by atoms with Gasteiger partial charge < -0.3 is 5.32 Å². The molecular formula is C11H21NO. The Morgan fingerprint density at radius 1 is 1.46 bits per heavy atom. The third-order valence-corrected chi connectivity index (χ3v) is 2.09. The summed E-state index contributed by atoms with van der Waals surface area (Å²) in [5.74, 6) is 0.281. The molecule has 0 heterocycles. The van der Waals surface area contributed by atoms with Crippen LogP contribution in [0, 0.1) is 0 Å². The van der Waals surface area contributed by atoms with E-state index in [2.05, 4.69) is 25.7 Å². The van der Waals surface area contributed by atoms with Crippen molar-refractivity contribution in [1.29, 1.82) is 0 Å². The van der Waals surface area contributed by atoms with E-state index in [-0.39, 0.29) is 5.78 Å². The van der Waals surface area contributed by atoms with Crippen molar-refractivity contribution in [3.05, 3.63) is 12.2 Å². The fraction of sp³-hybridized carbons (Fsp3) is 0.727. The minimum Gasteiger partial charge on any atom is -0.308 e. The molecule has 0 spiro atoms. The van der Waals surface area contributed by atoms with Crippen molar-refractivity contribution >= 4 is 5.78 Å². The molecule has 0 rings (SSSR count). The summed E-state index contributed by atoms with van der Waals surface area (Å²) in [4.78, 5) is 11.3. The third kappa shape index (κ3) is 7.72. The lowest BCUT2D eigenvalue weighted by Gasteiger charge is -2.09. The van der Waals surface area contributed by atoms with Gasteiger partial charge in [0.25, 0.3) is 0 Å². The highest BCUT2D eigenvalue weighted by Gasteiger charge is 2.03. The summed E-state index contributed by atoms with van der Waals surface area (Å²) in [6, 6.07) is 0.439. The molecule has 0 radical (unpaired) electrons. The first-order chi connectivity index (χ1) is 6.06. The van der Waals surface area contributed by atoms with E-state index in [9.17, 15) is 4.79 Å². The number of carbonyl (C=O) groups is 1. The Balaban J connectivity index is 3.46. The van der Waals surface area contributed by atoms with Gasteiger partial charge in [-0.25, -0.2) is 0 Å². The predicted octanol–water partition coefficient (Wildman–Crippen LogP) is 2.30. The molecule has 0 aromatic carbocycles. The van der Waals surface area contributed by atoms with Crippen LogP contribution in [0.3, 0.4) is 0 Å². The molecule has 1 N–H and O–H groups in total. The Morgan fingerprint density at radius 3 is 2.54 bits per heavy atom. The summed E-state index contributed by atoms with van der Waals surface area (Å²) in [7, 11) is 0. The van der Waals surface area contributed by atoms with Crippen molar-refractivity contribution in [2.24, 2.45) is 0 Å². The van der Waals surface area contributed by atoms with Crippen LogP contribution in [0.4, 0.5) is 0 Å². The Kier molecular flexibility index (Phi) is 6.51. The molecular weight excluding hydrogens is 162 g/mol. The van der Waals surface area contributed by atoms with Gasteiger partial charge >= 0.3 is 0 Å². The van der Waals surface area contributed by atoms with Gasteiger partial charge in [-0.2, -0.15) is 0 Å². The van der Waals surface area contributed by atoms with Crippen LogP contribution in [0.15, 0.2) is 12.2 Å². The maximum absolute atomic E-state index is 11.3. The van der Waals surface area contributed by atoms with E-state index in [1.54, 1.807) is 0 Å². The molecule has 2 heteroatoms.